The van der Waals surface area contributed by atoms with E-state index in [2.05, 4.69) is 21.2 Å². The molecule has 3 nitrogen and oxygen atoms in total. The Hall–Kier alpha value is -1.88. The second kappa shape index (κ2) is 7.22. The maximum Gasteiger partial charge on any atom is 0.254 e. The first-order valence-corrected chi connectivity index (χ1v) is 7.26. The lowest BCUT2D eigenvalue weighted by Gasteiger charge is -2.09. The van der Waals surface area contributed by atoms with Gasteiger partial charge in [-0.3, -0.25) is 4.79 Å². The minimum atomic E-state index is -0.542. The third-order valence-corrected chi connectivity index (χ3v) is 3.54. The molecule has 0 saturated heterocycles. The standard InChI is InChI=1S/C16H15BrFNO2/c1-21-15-5-3-2-4-11(15)8-9-19-16(20)13-7-6-12(17)10-14(13)18/h2-7,10H,8-9H2,1H3,(H,19,20). The van der Waals surface area contributed by atoms with E-state index in [9.17, 15) is 9.18 Å². The summed E-state index contributed by atoms with van der Waals surface area (Å²) >= 11 is 3.16. The van der Waals surface area contributed by atoms with E-state index in [-0.39, 0.29) is 5.56 Å². The number of hydrogen-bond acceptors (Lipinski definition) is 2. The highest BCUT2D eigenvalue weighted by Gasteiger charge is 2.11. The van der Waals surface area contributed by atoms with Crippen molar-refractivity contribution >= 4 is 21.8 Å². The Bertz CT molecular complexity index is 646. The number of methoxy groups -OCH3 is 1. The smallest absolute Gasteiger partial charge is 0.254 e. The van der Waals surface area contributed by atoms with Crippen LogP contribution in [0.15, 0.2) is 46.9 Å². The van der Waals surface area contributed by atoms with Crippen LogP contribution in [-0.2, 0) is 6.42 Å². The number of ether oxygens (including phenoxy) is 1. The first-order valence-electron chi connectivity index (χ1n) is 6.47. The molecule has 1 amide bonds. The van der Waals surface area contributed by atoms with Crippen molar-refractivity contribution in [2.24, 2.45) is 0 Å². The second-order valence-electron chi connectivity index (χ2n) is 4.44. The average molecular weight is 352 g/mol. The summed E-state index contributed by atoms with van der Waals surface area (Å²) in [5, 5.41) is 2.71. The summed E-state index contributed by atoms with van der Waals surface area (Å²) in [6.07, 6.45) is 0.619. The molecule has 0 heterocycles. The van der Waals surface area contributed by atoms with Crippen LogP contribution in [0.4, 0.5) is 4.39 Å². The SMILES string of the molecule is COc1ccccc1CCNC(=O)c1ccc(Br)cc1F. The number of halogens is 2. The van der Waals surface area contributed by atoms with Crippen LogP contribution in [0.25, 0.3) is 0 Å². The Balaban J connectivity index is 1.95. The maximum atomic E-state index is 13.7. The lowest BCUT2D eigenvalue weighted by Crippen LogP contribution is -2.26. The van der Waals surface area contributed by atoms with Gasteiger partial charge in [0.05, 0.1) is 12.7 Å². The van der Waals surface area contributed by atoms with Crippen LogP contribution in [0.1, 0.15) is 15.9 Å². The number of rotatable bonds is 5. The van der Waals surface area contributed by atoms with Gasteiger partial charge in [-0.15, -0.1) is 0 Å². The number of hydrogen-bond donors (Lipinski definition) is 1. The molecular formula is C16H15BrFNO2. The molecule has 0 saturated carbocycles. The van der Waals surface area contributed by atoms with Gasteiger partial charge in [-0.2, -0.15) is 0 Å². The van der Waals surface area contributed by atoms with Gasteiger partial charge >= 0.3 is 0 Å². The van der Waals surface area contributed by atoms with Crippen molar-refractivity contribution in [2.45, 2.75) is 6.42 Å². The molecule has 1 N–H and O–H groups in total. The summed E-state index contributed by atoms with van der Waals surface area (Å²) in [5.74, 6) is -0.185. The fraction of sp³-hybridized carbons (Fsp3) is 0.188. The lowest BCUT2D eigenvalue weighted by molar-refractivity contribution is 0.0950. The molecule has 0 aromatic heterocycles. The quantitative estimate of drug-likeness (QED) is 0.894. The summed E-state index contributed by atoms with van der Waals surface area (Å²) in [7, 11) is 1.61. The molecule has 0 aliphatic carbocycles. The molecule has 2 rings (SSSR count). The minimum Gasteiger partial charge on any atom is -0.496 e. The van der Waals surface area contributed by atoms with Gasteiger partial charge in [0.25, 0.3) is 5.91 Å². The number of nitrogens with one attached hydrogen (secondary N) is 1. The third kappa shape index (κ3) is 4.04. The topological polar surface area (TPSA) is 38.3 Å². The van der Waals surface area contributed by atoms with Crippen LogP contribution in [0.3, 0.4) is 0 Å². The van der Waals surface area contributed by atoms with Crippen molar-refractivity contribution in [1.29, 1.82) is 0 Å². The van der Waals surface area contributed by atoms with Crippen LogP contribution in [0.2, 0.25) is 0 Å². The summed E-state index contributed by atoms with van der Waals surface area (Å²) in [5.41, 5.74) is 1.04. The molecular weight excluding hydrogens is 337 g/mol. The van der Waals surface area contributed by atoms with Gasteiger partial charge in [-0.1, -0.05) is 34.1 Å². The van der Waals surface area contributed by atoms with Gasteiger partial charge in [0.15, 0.2) is 0 Å². The van der Waals surface area contributed by atoms with E-state index in [0.29, 0.717) is 17.4 Å². The number of amides is 1. The Morgan fingerprint density at radius 2 is 2.05 bits per heavy atom. The lowest BCUT2D eigenvalue weighted by atomic mass is 10.1. The van der Waals surface area contributed by atoms with E-state index in [0.717, 1.165) is 11.3 Å². The summed E-state index contributed by atoms with van der Waals surface area (Å²) in [6, 6.07) is 12.0. The zero-order valence-electron chi connectivity index (χ0n) is 11.5. The van der Waals surface area contributed by atoms with E-state index in [4.69, 9.17) is 4.74 Å². The number of carbonyl (C=O) groups is 1. The zero-order chi connectivity index (χ0) is 15.2. The van der Waals surface area contributed by atoms with E-state index in [1.165, 1.54) is 12.1 Å². The van der Waals surface area contributed by atoms with Gasteiger partial charge < -0.3 is 10.1 Å². The number of benzene rings is 2. The van der Waals surface area contributed by atoms with Crippen molar-refractivity contribution in [3.8, 4) is 5.75 Å². The molecule has 110 valence electrons. The summed E-state index contributed by atoms with van der Waals surface area (Å²) in [6.45, 7) is 0.411. The van der Waals surface area contributed by atoms with Crippen LogP contribution >= 0.6 is 15.9 Å². The molecule has 0 spiro atoms. The van der Waals surface area contributed by atoms with E-state index >= 15 is 0 Å². The predicted octanol–water partition coefficient (Wildman–Crippen LogP) is 3.57. The first kappa shape index (κ1) is 15.5. The highest BCUT2D eigenvalue weighted by atomic mass is 79.9. The molecule has 0 aliphatic rings. The Labute approximate surface area is 131 Å². The van der Waals surface area contributed by atoms with Gasteiger partial charge in [0.2, 0.25) is 0 Å². The molecule has 21 heavy (non-hydrogen) atoms. The van der Waals surface area contributed by atoms with Gasteiger partial charge in [-0.25, -0.2) is 4.39 Å². The van der Waals surface area contributed by atoms with Crippen LogP contribution in [0, 0.1) is 5.82 Å². The van der Waals surface area contributed by atoms with E-state index in [1.807, 2.05) is 24.3 Å². The highest BCUT2D eigenvalue weighted by molar-refractivity contribution is 9.10. The van der Waals surface area contributed by atoms with Crippen molar-refractivity contribution in [3.63, 3.8) is 0 Å². The predicted molar refractivity (Wildman–Crippen MR) is 83.1 cm³/mol. The molecule has 0 aliphatic heterocycles. The Morgan fingerprint density at radius 3 is 2.76 bits per heavy atom. The molecule has 2 aromatic carbocycles. The molecule has 0 atom stereocenters. The molecule has 0 fully saturated rings. The molecule has 2 aromatic rings. The van der Waals surface area contributed by atoms with Crippen LogP contribution in [-0.4, -0.2) is 19.6 Å². The van der Waals surface area contributed by atoms with E-state index in [1.54, 1.807) is 13.2 Å². The van der Waals surface area contributed by atoms with Crippen LogP contribution < -0.4 is 10.1 Å². The van der Waals surface area contributed by atoms with Crippen molar-refractivity contribution < 1.29 is 13.9 Å². The van der Waals surface area contributed by atoms with Crippen LogP contribution in [0.5, 0.6) is 5.75 Å². The fourth-order valence-corrected chi connectivity index (χ4v) is 2.32. The summed E-state index contributed by atoms with van der Waals surface area (Å²) < 4.78 is 19.5. The monoisotopic (exact) mass is 351 g/mol. The molecule has 0 unspecified atom stereocenters. The van der Waals surface area contributed by atoms with Crippen molar-refractivity contribution in [1.82, 2.24) is 5.32 Å². The Kier molecular flexibility index (Phi) is 5.33. The second-order valence-corrected chi connectivity index (χ2v) is 5.36. The Morgan fingerprint density at radius 1 is 1.29 bits per heavy atom. The average Bonchev–Trinajstić information content (AvgIpc) is 2.47. The normalized spacial score (nSPS) is 10.2. The maximum absolute atomic E-state index is 13.7. The fourth-order valence-electron chi connectivity index (χ4n) is 1.99. The third-order valence-electron chi connectivity index (χ3n) is 3.05. The highest BCUT2D eigenvalue weighted by Crippen LogP contribution is 2.18. The van der Waals surface area contributed by atoms with Crippen molar-refractivity contribution in [3.05, 3.63) is 63.9 Å². The van der Waals surface area contributed by atoms with Gasteiger partial charge in [-0.05, 0) is 36.2 Å². The van der Waals surface area contributed by atoms with Crippen molar-refractivity contribution in [2.75, 3.05) is 13.7 Å². The first-order chi connectivity index (χ1) is 10.1. The molecule has 5 heteroatoms. The van der Waals surface area contributed by atoms with Gasteiger partial charge in [0, 0.05) is 11.0 Å². The molecule has 0 bridgehead atoms. The number of para-hydroxylation sites is 1. The zero-order valence-corrected chi connectivity index (χ0v) is 13.1. The minimum absolute atomic E-state index is 0.0400. The largest absolute Gasteiger partial charge is 0.496 e. The molecule has 0 radical (unpaired) electrons. The van der Waals surface area contributed by atoms with Gasteiger partial charge in [0.1, 0.15) is 11.6 Å². The van der Waals surface area contributed by atoms with E-state index < -0.39 is 11.7 Å². The summed E-state index contributed by atoms with van der Waals surface area (Å²) in [4.78, 5) is 11.9. The number of carbonyl (C=O) groups excluding carboxylic acids is 1.